The van der Waals surface area contributed by atoms with E-state index in [0.717, 1.165) is 30.6 Å². The van der Waals surface area contributed by atoms with E-state index in [-0.39, 0.29) is 72.5 Å². The SMILES string of the molecule is CCCCOC(=O)NCN(CNC(=O)OCCCC)C(=O)NCCC[C@@H](C(=O)O)N(CNC(=O)OCCCC)CNC(=O)OCCCC. The van der Waals surface area contributed by atoms with E-state index < -0.39 is 42.4 Å². The van der Waals surface area contributed by atoms with E-state index in [2.05, 4.69) is 26.6 Å². The van der Waals surface area contributed by atoms with Crippen molar-refractivity contribution in [3.05, 3.63) is 0 Å². The maximum absolute atomic E-state index is 13.0. The zero-order valence-corrected chi connectivity index (χ0v) is 28.9. The third-order valence-corrected chi connectivity index (χ3v) is 6.55. The molecule has 0 saturated heterocycles. The van der Waals surface area contributed by atoms with Gasteiger partial charge in [-0.25, -0.2) is 24.0 Å². The van der Waals surface area contributed by atoms with Crippen LogP contribution in [0.25, 0.3) is 0 Å². The summed E-state index contributed by atoms with van der Waals surface area (Å²) >= 11 is 0. The molecule has 18 nitrogen and oxygen atoms in total. The van der Waals surface area contributed by atoms with E-state index >= 15 is 0 Å². The Kier molecular flexibility index (Phi) is 26.4. The predicted molar refractivity (Wildman–Crippen MR) is 175 cm³/mol. The molecule has 0 fully saturated rings. The van der Waals surface area contributed by atoms with Crippen LogP contribution in [0.2, 0.25) is 0 Å². The van der Waals surface area contributed by atoms with E-state index in [9.17, 15) is 33.9 Å². The van der Waals surface area contributed by atoms with Crippen molar-refractivity contribution in [1.29, 1.82) is 0 Å². The number of aliphatic carboxylic acids is 1. The standard InChI is InChI=1S/C30H57N7O11/c1-5-9-16-45-27(41)32-20-36(21-33-28(42)46-17-10-6-2)24(25(38)39)14-13-15-31-26(40)37(22-34-29(43)47-18-11-7-3)23-35-30(44)48-19-12-8-4/h24H,5-23H2,1-4H3,(H,31,40)(H,32,41)(H,33,42)(H,34,43)(H,35,44)(H,38,39)/t24-/m0/s1. The molecular formula is C30H57N7O11. The summed E-state index contributed by atoms with van der Waals surface area (Å²) in [5.41, 5.74) is 0. The number of amides is 6. The Labute approximate surface area is 283 Å². The second-order valence-electron chi connectivity index (χ2n) is 10.7. The van der Waals surface area contributed by atoms with Crippen LogP contribution in [0.3, 0.4) is 0 Å². The van der Waals surface area contributed by atoms with Crippen LogP contribution in [0.5, 0.6) is 0 Å². The Morgan fingerprint density at radius 3 is 1.23 bits per heavy atom. The van der Waals surface area contributed by atoms with Gasteiger partial charge in [-0.1, -0.05) is 53.4 Å². The van der Waals surface area contributed by atoms with Gasteiger partial charge in [-0.15, -0.1) is 0 Å². The summed E-state index contributed by atoms with van der Waals surface area (Å²) in [6.45, 7) is 7.53. The van der Waals surface area contributed by atoms with Crippen LogP contribution in [0.15, 0.2) is 0 Å². The Morgan fingerprint density at radius 2 is 0.896 bits per heavy atom. The summed E-state index contributed by atoms with van der Waals surface area (Å²) in [7, 11) is 0. The Bertz CT molecular complexity index is 891. The first-order chi connectivity index (χ1) is 23.1. The van der Waals surface area contributed by atoms with E-state index in [1.165, 1.54) is 4.90 Å². The topological polar surface area (TPSA) is 226 Å². The van der Waals surface area contributed by atoms with Crippen molar-refractivity contribution in [3.63, 3.8) is 0 Å². The van der Waals surface area contributed by atoms with Gasteiger partial charge in [-0.05, 0) is 38.5 Å². The molecule has 0 aliphatic carbocycles. The second-order valence-corrected chi connectivity index (χ2v) is 10.7. The van der Waals surface area contributed by atoms with E-state index in [1.54, 1.807) is 0 Å². The average Bonchev–Trinajstić information content (AvgIpc) is 3.05. The molecular weight excluding hydrogens is 634 g/mol. The van der Waals surface area contributed by atoms with Crippen molar-refractivity contribution >= 4 is 36.4 Å². The highest BCUT2D eigenvalue weighted by Crippen LogP contribution is 2.07. The maximum atomic E-state index is 13.0. The number of hydrogen-bond donors (Lipinski definition) is 6. The van der Waals surface area contributed by atoms with Crippen molar-refractivity contribution in [2.24, 2.45) is 0 Å². The van der Waals surface area contributed by atoms with Crippen LogP contribution in [-0.2, 0) is 23.7 Å². The van der Waals surface area contributed by atoms with Gasteiger partial charge in [-0.2, -0.15) is 0 Å². The first kappa shape index (κ1) is 43.8. The molecule has 48 heavy (non-hydrogen) atoms. The number of rotatable bonds is 26. The second kappa shape index (κ2) is 29.0. The normalized spacial score (nSPS) is 11.1. The lowest BCUT2D eigenvalue weighted by Crippen LogP contribution is -2.52. The van der Waals surface area contributed by atoms with Gasteiger partial charge in [0, 0.05) is 6.54 Å². The van der Waals surface area contributed by atoms with Gasteiger partial charge in [0.1, 0.15) is 6.04 Å². The van der Waals surface area contributed by atoms with Crippen molar-refractivity contribution in [2.45, 2.75) is 97.9 Å². The Balaban J connectivity index is 5.30. The highest BCUT2D eigenvalue weighted by molar-refractivity contribution is 5.76. The lowest BCUT2D eigenvalue weighted by atomic mass is 10.1. The van der Waals surface area contributed by atoms with Gasteiger partial charge in [0.15, 0.2) is 0 Å². The van der Waals surface area contributed by atoms with Crippen LogP contribution in [0.1, 0.15) is 91.9 Å². The summed E-state index contributed by atoms with van der Waals surface area (Å²) in [6, 6.07) is -1.83. The smallest absolute Gasteiger partial charge is 0.408 e. The summed E-state index contributed by atoms with van der Waals surface area (Å²) in [4.78, 5) is 75.9. The minimum absolute atomic E-state index is 0.0126. The number of carboxylic acids is 1. The first-order valence-electron chi connectivity index (χ1n) is 16.7. The third-order valence-electron chi connectivity index (χ3n) is 6.55. The number of carboxylic acid groups (broad SMARTS) is 1. The summed E-state index contributed by atoms with van der Waals surface area (Å²) in [5, 5.41) is 22.5. The zero-order valence-electron chi connectivity index (χ0n) is 28.9. The van der Waals surface area contributed by atoms with E-state index in [4.69, 9.17) is 18.9 Å². The molecule has 0 aromatic rings. The van der Waals surface area contributed by atoms with Crippen molar-refractivity contribution in [2.75, 3.05) is 59.6 Å². The van der Waals surface area contributed by atoms with Gasteiger partial charge >= 0.3 is 36.4 Å². The quantitative estimate of drug-likeness (QED) is 0.0436. The molecule has 0 bridgehead atoms. The minimum atomic E-state index is -1.22. The molecule has 18 heteroatoms. The Morgan fingerprint density at radius 1 is 0.542 bits per heavy atom. The Hall–Kier alpha value is -4.22. The van der Waals surface area contributed by atoms with Crippen LogP contribution in [-0.4, -0.2) is 117 Å². The lowest BCUT2D eigenvalue weighted by molar-refractivity contribution is -0.144. The number of alkyl carbamates (subject to hydrolysis) is 4. The van der Waals surface area contributed by atoms with E-state index in [1.807, 2.05) is 27.7 Å². The minimum Gasteiger partial charge on any atom is -0.480 e. The van der Waals surface area contributed by atoms with Crippen molar-refractivity contribution < 1.29 is 52.8 Å². The molecule has 0 spiro atoms. The molecule has 0 radical (unpaired) electrons. The van der Waals surface area contributed by atoms with Crippen molar-refractivity contribution in [1.82, 2.24) is 36.4 Å². The number of nitrogens with zero attached hydrogens (tertiary/aromatic N) is 2. The molecule has 0 heterocycles. The molecule has 0 saturated carbocycles. The number of nitrogens with one attached hydrogen (secondary N) is 5. The highest BCUT2D eigenvalue weighted by Gasteiger charge is 2.27. The largest absolute Gasteiger partial charge is 0.480 e. The van der Waals surface area contributed by atoms with Crippen LogP contribution in [0.4, 0.5) is 24.0 Å². The molecule has 0 aromatic carbocycles. The van der Waals surface area contributed by atoms with Gasteiger partial charge < -0.3 is 50.6 Å². The summed E-state index contributed by atoms with van der Waals surface area (Å²) in [6.07, 6.45) is 3.24. The molecule has 0 aliphatic rings. The molecule has 1 atom stereocenters. The van der Waals surface area contributed by atoms with Crippen LogP contribution < -0.4 is 26.6 Å². The molecule has 0 aromatic heterocycles. The molecule has 0 rings (SSSR count). The number of carbonyl (C=O) groups excluding carboxylic acids is 5. The summed E-state index contributed by atoms with van der Waals surface area (Å²) < 4.78 is 20.2. The lowest BCUT2D eigenvalue weighted by Gasteiger charge is -2.29. The molecule has 6 N–H and O–H groups in total. The van der Waals surface area contributed by atoms with Crippen molar-refractivity contribution in [3.8, 4) is 0 Å². The fourth-order valence-electron chi connectivity index (χ4n) is 3.63. The maximum Gasteiger partial charge on any atom is 0.408 e. The number of urea groups is 1. The number of carbonyl (C=O) groups is 6. The van der Waals surface area contributed by atoms with Gasteiger partial charge in [0.2, 0.25) is 0 Å². The molecule has 0 unspecified atom stereocenters. The first-order valence-corrected chi connectivity index (χ1v) is 16.7. The average molecular weight is 692 g/mol. The van der Waals surface area contributed by atoms with Gasteiger partial charge in [0.05, 0.1) is 53.1 Å². The fraction of sp³-hybridized carbons (Fsp3) is 0.800. The predicted octanol–water partition coefficient (Wildman–Crippen LogP) is 3.47. The third kappa shape index (κ3) is 23.2. The van der Waals surface area contributed by atoms with Crippen LogP contribution in [0, 0.1) is 0 Å². The van der Waals surface area contributed by atoms with Crippen LogP contribution >= 0.6 is 0 Å². The van der Waals surface area contributed by atoms with Gasteiger partial charge in [-0.3, -0.25) is 14.6 Å². The number of unbranched alkanes of at least 4 members (excludes halogenated alkanes) is 4. The molecule has 0 aliphatic heterocycles. The monoisotopic (exact) mass is 691 g/mol. The van der Waals surface area contributed by atoms with Gasteiger partial charge in [0.25, 0.3) is 0 Å². The molecule has 278 valence electrons. The summed E-state index contributed by atoms with van der Waals surface area (Å²) in [5.74, 6) is -1.22. The molecule has 6 amide bonds. The fourth-order valence-corrected chi connectivity index (χ4v) is 3.63. The number of ether oxygens (including phenoxy) is 4. The van der Waals surface area contributed by atoms with E-state index in [0.29, 0.717) is 25.7 Å². The zero-order chi connectivity index (χ0) is 36.0. The number of hydrogen-bond acceptors (Lipinski definition) is 11. The highest BCUT2D eigenvalue weighted by atomic mass is 16.6.